The zero-order chi connectivity index (χ0) is 10.7. The van der Waals surface area contributed by atoms with Gasteiger partial charge in [0.25, 0.3) is 0 Å². The van der Waals surface area contributed by atoms with Crippen LogP contribution < -0.4 is 5.32 Å². The Morgan fingerprint density at radius 3 is 3.07 bits per heavy atom. The highest BCUT2D eigenvalue weighted by Crippen LogP contribution is 2.23. The molecule has 0 bridgehead atoms. The first kappa shape index (κ1) is 10.6. The van der Waals surface area contributed by atoms with Crippen LogP contribution in [0.15, 0.2) is 28.1 Å². The molecule has 0 atom stereocenters. The predicted molar refractivity (Wildman–Crippen MR) is 66.1 cm³/mol. The van der Waals surface area contributed by atoms with E-state index in [2.05, 4.69) is 49.9 Å². The van der Waals surface area contributed by atoms with E-state index in [1.54, 1.807) is 0 Å². The van der Waals surface area contributed by atoms with Gasteiger partial charge in [0.1, 0.15) is 0 Å². The predicted octanol–water partition coefficient (Wildman–Crippen LogP) is 3.22. The minimum absolute atomic E-state index is 0.707. The summed E-state index contributed by atoms with van der Waals surface area (Å²) in [6.07, 6.45) is 0. The Morgan fingerprint density at radius 2 is 2.33 bits per heavy atom. The number of halogens is 1. The van der Waals surface area contributed by atoms with Crippen LogP contribution in [0.5, 0.6) is 0 Å². The van der Waals surface area contributed by atoms with Gasteiger partial charge >= 0.3 is 0 Å². The van der Waals surface area contributed by atoms with Crippen LogP contribution in [0.1, 0.15) is 11.3 Å². The number of rotatable bonds is 3. The number of aryl methyl sites for hydroxylation is 1. The van der Waals surface area contributed by atoms with Crippen LogP contribution in [0.2, 0.25) is 0 Å². The van der Waals surface area contributed by atoms with Gasteiger partial charge in [-0.2, -0.15) is 0 Å². The Labute approximate surface area is 101 Å². The Balaban J connectivity index is 2.07. The number of nitrogens with one attached hydrogen (secondary N) is 1. The van der Waals surface area contributed by atoms with E-state index in [0.717, 1.165) is 15.9 Å². The summed E-state index contributed by atoms with van der Waals surface area (Å²) in [6, 6.07) is 6.21. The van der Waals surface area contributed by atoms with Crippen LogP contribution in [-0.2, 0) is 6.54 Å². The number of aromatic nitrogens is 2. The average molecular weight is 284 g/mol. The van der Waals surface area contributed by atoms with Crippen molar-refractivity contribution in [2.24, 2.45) is 0 Å². The average Bonchev–Trinajstić information content (AvgIpc) is 2.72. The van der Waals surface area contributed by atoms with Gasteiger partial charge in [-0.15, -0.1) is 5.10 Å². The van der Waals surface area contributed by atoms with Crippen LogP contribution in [-0.4, -0.2) is 9.59 Å². The molecule has 1 aromatic carbocycles. The van der Waals surface area contributed by atoms with Crippen molar-refractivity contribution in [3.8, 4) is 0 Å². The molecule has 0 saturated heterocycles. The summed E-state index contributed by atoms with van der Waals surface area (Å²) in [4.78, 5) is 0. The summed E-state index contributed by atoms with van der Waals surface area (Å²) in [5.74, 6) is 0. The Hall–Kier alpha value is -0.940. The SMILES string of the molecule is Cc1ccc(Br)c(NCc2csnn2)c1. The van der Waals surface area contributed by atoms with Crippen LogP contribution >= 0.6 is 27.5 Å². The van der Waals surface area contributed by atoms with Gasteiger partial charge in [-0.3, -0.25) is 0 Å². The maximum Gasteiger partial charge on any atom is 0.0946 e. The van der Waals surface area contributed by atoms with Crippen LogP contribution in [0.4, 0.5) is 5.69 Å². The van der Waals surface area contributed by atoms with E-state index in [4.69, 9.17) is 0 Å². The molecule has 0 aliphatic heterocycles. The molecular formula is C10H10BrN3S. The summed E-state index contributed by atoms with van der Waals surface area (Å²) in [5.41, 5.74) is 3.29. The maximum absolute atomic E-state index is 3.97. The molecule has 0 aliphatic carbocycles. The van der Waals surface area contributed by atoms with Crippen molar-refractivity contribution >= 4 is 33.1 Å². The lowest BCUT2D eigenvalue weighted by atomic mass is 10.2. The maximum atomic E-state index is 3.97. The van der Waals surface area contributed by atoms with Crippen molar-refractivity contribution in [1.82, 2.24) is 9.59 Å². The first-order valence-corrected chi connectivity index (χ1v) is 6.14. The minimum Gasteiger partial charge on any atom is -0.378 e. The molecule has 1 aromatic heterocycles. The first-order chi connectivity index (χ1) is 7.25. The molecule has 0 spiro atoms. The second-order valence-corrected chi connectivity index (χ2v) is 4.70. The van der Waals surface area contributed by atoms with E-state index in [0.29, 0.717) is 6.54 Å². The number of nitrogens with zero attached hydrogens (tertiary/aromatic N) is 2. The van der Waals surface area contributed by atoms with E-state index < -0.39 is 0 Å². The summed E-state index contributed by atoms with van der Waals surface area (Å²) >= 11 is 4.87. The van der Waals surface area contributed by atoms with Crippen molar-refractivity contribution in [3.05, 3.63) is 39.3 Å². The molecule has 0 amide bonds. The molecule has 1 heterocycles. The Morgan fingerprint density at radius 1 is 1.47 bits per heavy atom. The highest BCUT2D eigenvalue weighted by Gasteiger charge is 2.01. The van der Waals surface area contributed by atoms with Crippen LogP contribution in [0, 0.1) is 6.92 Å². The second-order valence-electron chi connectivity index (χ2n) is 3.23. The molecule has 0 unspecified atom stereocenters. The van der Waals surface area contributed by atoms with E-state index in [1.807, 2.05) is 11.4 Å². The monoisotopic (exact) mass is 283 g/mol. The first-order valence-electron chi connectivity index (χ1n) is 4.51. The summed E-state index contributed by atoms with van der Waals surface area (Å²) in [6.45, 7) is 2.78. The van der Waals surface area contributed by atoms with Crippen molar-refractivity contribution < 1.29 is 0 Å². The fourth-order valence-corrected chi connectivity index (χ4v) is 2.06. The fourth-order valence-electron chi connectivity index (χ4n) is 1.22. The van der Waals surface area contributed by atoms with Gasteiger partial charge in [0.05, 0.1) is 12.2 Å². The third kappa shape index (κ3) is 2.76. The second kappa shape index (κ2) is 4.72. The smallest absolute Gasteiger partial charge is 0.0946 e. The van der Waals surface area contributed by atoms with Gasteiger partial charge in [0.15, 0.2) is 0 Å². The van der Waals surface area contributed by atoms with E-state index in [1.165, 1.54) is 17.1 Å². The molecular weight excluding hydrogens is 274 g/mol. The van der Waals surface area contributed by atoms with E-state index >= 15 is 0 Å². The van der Waals surface area contributed by atoms with Gasteiger partial charge in [0.2, 0.25) is 0 Å². The Bertz CT molecular complexity index is 442. The molecule has 78 valence electrons. The van der Waals surface area contributed by atoms with Crippen molar-refractivity contribution in [2.45, 2.75) is 13.5 Å². The van der Waals surface area contributed by atoms with E-state index in [-0.39, 0.29) is 0 Å². The summed E-state index contributed by atoms with van der Waals surface area (Å²) in [7, 11) is 0. The number of anilines is 1. The van der Waals surface area contributed by atoms with E-state index in [9.17, 15) is 0 Å². The quantitative estimate of drug-likeness (QED) is 0.940. The van der Waals surface area contributed by atoms with Gasteiger partial charge < -0.3 is 5.32 Å². The molecule has 0 radical (unpaired) electrons. The minimum atomic E-state index is 0.707. The summed E-state index contributed by atoms with van der Waals surface area (Å²) in [5, 5.41) is 9.23. The standard InChI is InChI=1S/C10H10BrN3S/c1-7-2-3-9(11)10(4-7)12-5-8-6-15-14-13-8/h2-4,6,12H,5H2,1H3. The topological polar surface area (TPSA) is 37.8 Å². The van der Waals surface area contributed by atoms with Crippen LogP contribution in [0.25, 0.3) is 0 Å². The Kier molecular flexibility index (Phi) is 3.33. The highest BCUT2D eigenvalue weighted by atomic mass is 79.9. The van der Waals surface area contributed by atoms with Crippen LogP contribution in [0.3, 0.4) is 0 Å². The summed E-state index contributed by atoms with van der Waals surface area (Å²) < 4.78 is 4.88. The molecule has 0 saturated carbocycles. The fraction of sp³-hybridized carbons (Fsp3) is 0.200. The molecule has 1 N–H and O–H groups in total. The lowest BCUT2D eigenvalue weighted by Crippen LogP contribution is -2.00. The molecule has 2 rings (SSSR count). The van der Waals surface area contributed by atoms with Gasteiger partial charge in [-0.05, 0) is 52.1 Å². The molecule has 5 heteroatoms. The zero-order valence-electron chi connectivity index (χ0n) is 8.20. The lowest BCUT2D eigenvalue weighted by Gasteiger charge is -2.07. The largest absolute Gasteiger partial charge is 0.378 e. The number of benzene rings is 1. The zero-order valence-corrected chi connectivity index (χ0v) is 10.6. The van der Waals surface area contributed by atoms with Crippen molar-refractivity contribution in [3.63, 3.8) is 0 Å². The molecule has 0 aliphatic rings. The molecule has 0 fully saturated rings. The molecule has 15 heavy (non-hydrogen) atoms. The molecule has 3 nitrogen and oxygen atoms in total. The third-order valence-corrected chi connectivity index (χ3v) is 3.23. The van der Waals surface area contributed by atoms with Crippen molar-refractivity contribution in [2.75, 3.05) is 5.32 Å². The molecule has 2 aromatic rings. The highest BCUT2D eigenvalue weighted by molar-refractivity contribution is 9.10. The van der Waals surface area contributed by atoms with Crippen molar-refractivity contribution in [1.29, 1.82) is 0 Å². The lowest BCUT2D eigenvalue weighted by molar-refractivity contribution is 0.997. The van der Waals surface area contributed by atoms with Gasteiger partial charge in [0, 0.05) is 15.5 Å². The number of hydrogen-bond acceptors (Lipinski definition) is 4. The number of hydrogen-bond donors (Lipinski definition) is 1. The normalized spacial score (nSPS) is 10.3. The van der Waals surface area contributed by atoms with Gasteiger partial charge in [-0.1, -0.05) is 10.6 Å². The third-order valence-electron chi connectivity index (χ3n) is 1.99. The van der Waals surface area contributed by atoms with Gasteiger partial charge in [-0.25, -0.2) is 0 Å².